The third-order valence-corrected chi connectivity index (χ3v) is 6.86. The lowest BCUT2D eigenvalue weighted by molar-refractivity contribution is -0.689. The van der Waals surface area contributed by atoms with Gasteiger partial charge in [-0.1, -0.05) is 11.2 Å². The summed E-state index contributed by atoms with van der Waals surface area (Å²) in [4.78, 5) is 47.6. The van der Waals surface area contributed by atoms with Crippen LogP contribution in [-0.4, -0.2) is 80.3 Å². The highest BCUT2D eigenvalue weighted by atomic mass is 32.3. The number of aromatic nitrogens is 2. The van der Waals surface area contributed by atoms with Crippen molar-refractivity contribution in [1.29, 1.82) is 0 Å². The van der Waals surface area contributed by atoms with Gasteiger partial charge in [-0.05, 0) is 0 Å². The van der Waals surface area contributed by atoms with Gasteiger partial charge in [0.2, 0.25) is 10.4 Å². The highest BCUT2D eigenvalue weighted by Crippen LogP contribution is 2.40. The Morgan fingerprint density at radius 2 is 2.03 bits per heavy atom. The van der Waals surface area contributed by atoms with Gasteiger partial charge in [0.1, 0.15) is 29.9 Å². The summed E-state index contributed by atoms with van der Waals surface area (Å²) in [7, 11) is -3.63. The second-order valence-corrected chi connectivity index (χ2v) is 10.1. The lowest BCUT2D eigenvalue weighted by atomic mass is 10.0. The van der Waals surface area contributed by atoms with E-state index in [0.29, 0.717) is 17.9 Å². The number of carboxylic acid groups (broad SMARTS) is 1. The van der Waals surface area contributed by atoms with Gasteiger partial charge in [-0.2, -0.15) is 0 Å². The number of anilines is 1. The van der Waals surface area contributed by atoms with E-state index in [2.05, 4.69) is 15.5 Å². The largest absolute Gasteiger partial charge is 0.726 e. The first-order valence-corrected chi connectivity index (χ1v) is 13.4. The molecule has 2 amide bonds. The number of carboxylic acids is 1. The van der Waals surface area contributed by atoms with Gasteiger partial charge in [-0.3, -0.25) is 19.0 Å². The molecule has 2 aliphatic heterocycles. The van der Waals surface area contributed by atoms with Crippen LogP contribution in [-0.2, 0) is 36.2 Å². The normalized spacial score (nSPS) is 19.3. The van der Waals surface area contributed by atoms with Gasteiger partial charge in [0.05, 0.1) is 0 Å². The zero-order valence-electron chi connectivity index (χ0n) is 18.9. The van der Waals surface area contributed by atoms with E-state index in [4.69, 9.17) is 28.1 Å². The number of rotatable bonds is 7. The van der Waals surface area contributed by atoms with Crippen LogP contribution >= 0.6 is 23.1 Å². The molecule has 0 aromatic carbocycles. The smallest absolute Gasteiger partial charge is 0.352 e. The molecular formula is C19H20N6O9S3. The molecule has 0 bridgehead atoms. The Bertz CT molecular complexity index is 1350. The number of aliphatic carboxylic acids is 1. The van der Waals surface area contributed by atoms with Crippen molar-refractivity contribution in [3.05, 3.63) is 52.9 Å². The zero-order chi connectivity index (χ0) is 27.3. The summed E-state index contributed by atoms with van der Waals surface area (Å²) < 4.78 is 34.7. The lowest BCUT2D eigenvalue weighted by Gasteiger charge is -2.49. The Morgan fingerprint density at radius 1 is 1.38 bits per heavy atom. The molecule has 2 unspecified atom stereocenters. The van der Waals surface area contributed by atoms with Crippen LogP contribution < -0.4 is 15.6 Å². The molecule has 0 saturated carbocycles. The Labute approximate surface area is 218 Å². The monoisotopic (exact) mass is 572 g/mol. The van der Waals surface area contributed by atoms with Crippen LogP contribution in [0.1, 0.15) is 5.69 Å². The van der Waals surface area contributed by atoms with Crippen LogP contribution in [0.4, 0.5) is 5.13 Å². The van der Waals surface area contributed by atoms with Crippen molar-refractivity contribution in [2.24, 2.45) is 5.16 Å². The average Bonchev–Trinajstić information content (AvgIpc) is 3.25. The van der Waals surface area contributed by atoms with E-state index in [1.54, 1.807) is 5.38 Å². The van der Waals surface area contributed by atoms with Crippen molar-refractivity contribution in [3.8, 4) is 0 Å². The number of carbonyl (C=O) groups excluding carboxylic acids is 2. The lowest BCUT2D eigenvalue weighted by Crippen LogP contribution is -2.71. The van der Waals surface area contributed by atoms with Crippen molar-refractivity contribution < 1.29 is 46.4 Å². The van der Waals surface area contributed by atoms with Crippen molar-refractivity contribution in [1.82, 2.24) is 15.2 Å². The van der Waals surface area contributed by atoms with E-state index < -0.39 is 39.6 Å². The Hall–Kier alpha value is -3.58. The van der Waals surface area contributed by atoms with Crippen LogP contribution in [0.15, 0.2) is 52.4 Å². The van der Waals surface area contributed by atoms with Gasteiger partial charge < -0.3 is 25.5 Å². The molecule has 1 saturated heterocycles. The van der Waals surface area contributed by atoms with E-state index in [0.717, 1.165) is 11.3 Å². The van der Waals surface area contributed by atoms with E-state index in [1.165, 1.54) is 23.8 Å². The van der Waals surface area contributed by atoms with Crippen LogP contribution in [0.2, 0.25) is 0 Å². The standard InChI is InChI=1S/C19H18N6O5S2.H2O4S/c1-30-23-12(11-9-32-19(20)21-11)15(26)22-13-16(27)25-14(18(28)29)10(8-31-17(13)25)7-24-5-3-2-4-6-24;1-5(2,3)4/h2-6,9,13,17H,7-8H2,1H3,(H3-,20,21,22,26,28,29);(H2,1,2,3,4)/b23-12-;. The van der Waals surface area contributed by atoms with E-state index in [9.17, 15) is 19.5 Å². The maximum Gasteiger partial charge on any atom is 0.352 e. The number of amides is 2. The molecular weight excluding hydrogens is 552 g/mol. The fraction of sp³-hybridized carbons (Fsp3) is 0.263. The van der Waals surface area contributed by atoms with Crippen molar-refractivity contribution in [2.45, 2.75) is 18.0 Å². The summed E-state index contributed by atoms with van der Waals surface area (Å²) in [6, 6.07) is 4.65. The number of carbonyl (C=O) groups is 3. The number of hydrogen-bond acceptors (Lipinski definition) is 12. The Balaban J connectivity index is 0.000000695. The molecule has 4 heterocycles. The van der Waals surface area contributed by atoms with Crippen molar-refractivity contribution in [3.63, 3.8) is 0 Å². The first-order valence-electron chi connectivity index (χ1n) is 10.1. The van der Waals surface area contributed by atoms with E-state index >= 15 is 0 Å². The van der Waals surface area contributed by atoms with E-state index in [-0.39, 0.29) is 22.2 Å². The number of nitrogens with one attached hydrogen (secondary N) is 1. The minimum atomic E-state index is -4.92. The number of oxime groups is 1. The quantitative estimate of drug-likeness (QED) is 0.0766. The number of thiazole rings is 1. The molecule has 2 aliphatic rings. The van der Waals surface area contributed by atoms with Gasteiger partial charge in [-0.15, -0.1) is 23.1 Å². The summed E-state index contributed by atoms with van der Waals surface area (Å²) in [6.07, 6.45) is 3.65. The topological polar surface area (TPSA) is 229 Å². The molecule has 4 rings (SSSR count). The van der Waals surface area contributed by atoms with Gasteiger partial charge in [-0.25, -0.2) is 22.8 Å². The first kappa shape index (κ1) is 28.0. The maximum atomic E-state index is 12.9. The van der Waals surface area contributed by atoms with E-state index in [1.807, 2.05) is 35.2 Å². The third-order valence-electron chi connectivity index (χ3n) is 4.85. The number of β-lactam (4-membered cyclic amide) rings is 1. The molecule has 5 N–H and O–H groups in total. The highest BCUT2D eigenvalue weighted by Gasteiger charge is 2.54. The fourth-order valence-corrected chi connectivity index (χ4v) is 5.35. The molecule has 18 heteroatoms. The zero-order valence-corrected chi connectivity index (χ0v) is 21.3. The first-order chi connectivity index (χ1) is 17.4. The summed E-state index contributed by atoms with van der Waals surface area (Å²) in [6.45, 7) is 0.346. The van der Waals surface area contributed by atoms with Crippen LogP contribution in [0.5, 0.6) is 0 Å². The predicted octanol–water partition coefficient (Wildman–Crippen LogP) is -1.19. The number of fused-ring (bicyclic) bond motifs is 1. The number of pyridine rings is 1. The van der Waals surface area contributed by atoms with Gasteiger partial charge in [0.15, 0.2) is 29.8 Å². The Kier molecular flexibility index (Phi) is 8.81. The molecule has 37 heavy (non-hydrogen) atoms. The summed E-state index contributed by atoms with van der Waals surface area (Å²) in [5, 5.41) is 17.4. The van der Waals surface area contributed by atoms with Crippen LogP contribution in [0, 0.1) is 0 Å². The Morgan fingerprint density at radius 3 is 2.57 bits per heavy atom. The predicted molar refractivity (Wildman–Crippen MR) is 129 cm³/mol. The number of nitrogen functional groups attached to an aromatic ring is 1. The fourth-order valence-electron chi connectivity index (χ4n) is 3.47. The number of hydrogen-bond donors (Lipinski definition) is 4. The molecule has 0 aliphatic carbocycles. The van der Waals surface area contributed by atoms with Crippen molar-refractivity contribution >= 4 is 62.1 Å². The maximum absolute atomic E-state index is 12.9. The number of nitrogens with zero attached hydrogens (tertiary/aromatic N) is 4. The summed E-state index contributed by atoms with van der Waals surface area (Å²) in [5.74, 6) is -1.94. The third kappa shape index (κ3) is 7.01. The van der Waals surface area contributed by atoms with Gasteiger partial charge in [0.25, 0.3) is 11.8 Å². The SMILES string of the molecule is CO/N=C(\C(=O)NC1C(=O)N2C(C(=O)O)=C(C[n+]3ccccc3)CSC12)c1csc(N)n1.O=S(=O)([O-])O. The average molecular weight is 573 g/mol. The minimum Gasteiger partial charge on any atom is -0.726 e. The van der Waals surface area contributed by atoms with Crippen LogP contribution in [0.3, 0.4) is 0 Å². The van der Waals surface area contributed by atoms with Crippen molar-refractivity contribution in [2.75, 3.05) is 18.6 Å². The number of nitrogens with two attached hydrogens (primary N) is 1. The second-order valence-electron chi connectivity index (χ2n) is 7.29. The minimum absolute atomic E-state index is 0.0429. The molecule has 2 aromatic rings. The molecule has 0 radical (unpaired) electrons. The van der Waals surface area contributed by atoms with Crippen LogP contribution in [0.25, 0.3) is 0 Å². The number of thioether (sulfide) groups is 1. The molecule has 2 atom stereocenters. The second kappa shape index (κ2) is 11.6. The summed E-state index contributed by atoms with van der Waals surface area (Å²) in [5.41, 5.74) is 6.30. The molecule has 0 spiro atoms. The molecule has 2 aromatic heterocycles. The summed E-state index contributed by atoms with van der Waals surface area (Å²) >= 11 is 2.53. The van der Waals surface area contributed by atoms with Gasteiger partial charge >= 0.3 is 5.97 Å². The molecule has 15 nitrogen and oxygen atoms in total. The molecule has 198 valence electrons. The van der Waals surface area contributed by atoms with Gasteiger partial charge in [0, 0.05) is 28.8 Å². The highest BCUT2D eigenvalue weighted by molar-refractivity contribution is 8.00. The molecule has 1 fully saturated rings.